The molecule has 112 valence electrons. The minimum Gasteiger partial charge on any atom is -0.278 e. The number of nitrogens with one attached hydrogen (secondary N) is 1. The molecule has 2 aromatic rings. The van der Waals surface area contributed by atoms with Crippen LogP contribution in [0.2, 0.25) is 5.02 Å². The summed E-state index contributed by atoms with van der Waals surface area (Å²) in [6.45, 7) is 0. The van der Waals surface area contributed by atoms with Crippen molar-refractivity contribution in [3.8, 4) is 0 Å². The molecule has 0 radical (unpaired) electrons. The van der Waals surface area contributed by atoms with Crippen LogP contribution in [0.25, 0.3) is 0 Å². The normalized spacial score (nSPS) is 14.7. The second-order valence-electron chi connectivity index (χ2n) is 5.19. The number of anilines is 1. The van der Waals surface area contributed by atoms with E-state index in [0.29, 0.717) is 10.9 Å². The Bertz CT molecular complexity index is 707. The van der Waals surface area contributed by atoms with Gasteiger partial charge >= 0.3 is 0 Å². The minimum absolute atomic E-state index is 0.0645. The van der Waals surface area contributed by atoms with Crippen LogP contribution in [0.1, 0.15) is 18.4 Å². The predicted octanol–water partition coefficient (Wildman–Crippen LogP) is 4.47. The summed E-state index contributed by atoms with van der Waals surface area (Å²) in [5.74, 6) is 0.465. The monoisotopic (exact) mass is 315 g/mol. The highest BCUT2D eigenvalue weighted by molar-refractivity contribution is 6.30. The van der Waals surface area contributed by atoms with Crippen LogP contribution in [0.4, 0.5) is 11.4 Å². The van der Waals surface area contributed by atoms with Gasteiger partial charge in [0.2, 0.25) is 0 Å². The van der Waals surface area contributed by atoms with Crippen LogP contribution in [0, 0.1) is 16.0 Å². The first-order valence-electron chi connectivity index (χ1n) is 6.97. The molecular formula is C16H14ClN3O2. The molecule has 5 nitrogen and oxygen atoms in total. The van der Waals surface area contributed by atoms with Gasteiger partial charge in [-0.3, -0.25) is 15.5 Å². The highest BCUT2D eigenvalue weighted by Gasteiger charge is 2.28. The van der Waals surface area contributed by atoms with Gasteiger partial charge in [-0.05, 0) is 42.7 Å². The standard InChI is InChI=1S/C16H14ClN3O2/c17-13-5-3-12(4-6-13)16(11-1-2-11)19-18-14-7-9-15(10-8-14)20(21)22/h3-11,18H,1-2H2. The zero-order chi connectivity index (χ0) is 15.5. The van der Waals surface area contributed by atoms with Gasteiger partial charge in [0.05, 0.1) is 16.3 Å². The van der Waals surface area contributed by atoms with Crippen molar-refractivity contribution in [1.82, 2.24) is 0 Å². The lowest BCUT2D eigenvalue weighted by molar-refractivity contribution is -0.384. The summed E-state index contributed by atoms with van der Waals surface area (Å²) in [5.41, 5.74) is 5.80. The molecular weight excluding hydrogens is 302 g/mol. The van der Waals surface area contributed by atoms with Gasteiger partial charge in [-0.1, -0.05) is 23.7 Å². The summed E-state index contributed by atoms with van der Waals surface area (Å²) >= 11 is 5.91. The average Bonchev–Trinajstić information content (AvgIpc) is 3.34. The maximum Gasteiger partial charge on any atom is 0.269 e. The van der Waals surface area contributed by atoms with Crippen LogP contribution in [0.15, 0.2) is 53.6 Å². The van der Waals surface area contributed by atoms with Crippen molar-refractivity contribution in [2.75, 3.05) is 5.43 Å². The smallest absolute Gasteiger partial charge is 0.269 e. The van der Waals surface area contributed by atoms with Crippen molar-refractivity contribution < 1.29 is 4.92 Å². The van der Waals surface area contributed by atoms with E-state index in [1.807, 2.05) is 24.3 Å². The molecule has 1 aliphatic carbocycles. The first-order valence-corrected chi connectivity index (χ1v) is 7.35. The van der Waals surface area contributed by atoms with Gasteiger partial charge in [0.15, 0.2) is 0 Å². The Kier molecular flexibility index (Phi) is 4.06. The summed E-state index contributed by atoms with van der Waals surface area (Å²) in [5, 5.41) is 15.8. The molecule has 2 aromatic carbocycles. The zero-order valence-electron chi connectivity index (χ0n) is 11.7. The molecule has 3 rings (SSSR count). The number of hydrazone groups is 1. The van der Waals surface area contributed by atoms with Crippen molar-refractivity contribution in [3.05, 3.63) is 69.2 Å². The van der Waals surface area contributed by atoms with Crippen molar-refractivity contribution in [1.29, 1.82) is 0 Å². The number of nitrogens with zero attached hydrogens (tertiary/aromatic N) is 2. The van der Waals surface area contributed by atoms with E-state index >= 15 is 0 Å². The summed E-state index contributed by atoms with van der Waals surface area (Å²) in [6, 6.07) is 13.8. The van der Waals surface area contributed by atoms with Gasteiger partial charge in [-0.2, -0.15) is 5.10 Å². The Morgan fingerprint density at radius 3 is 2.32 bits per heavy atom. The highest BCUT2D eigenvalue weighted by Crippen LogP contribution is 2.33. The van der Waals surface area contributed by atoms with Gasteiger partial charge in [-0.15, -0.1) is 0 Å². The molecule has 0 amide bonds. The van der Waals surface area contributed by atoms with Crippen LogP contribution in [0.3, 0.4) is 0 Å². The Hall–Kier alpha value is -2.40. The van der Waals surface area contributed by atoms with Crippen molar-refractivity contribution in [2.24, 2.45) is 11.0 Å². The van der Waals surface area contributed by atoms with Gasteiger partial charge in [0, 0.05) is 23.1 Å². The third-order valence-corrected chi connectivity index (χ3v) is 3.74. The molecule has 0 saturated heterocycles. The van der Waals surface area contributed by atoms with Crippen LogP contribution in [-0.2, 0) is 0 Å². The average molecular weight is 316 g/mol. The number of hydrogen-bond acceptors (Lipinski definition) is 4. The maximum absolute atomic E-state index is 10.6. The van der Waals surface area contributed by atoms with Gasteiger partial charge in [-0.25, -0.2) is 0 Å². The van der Waals surface area contributed by atoms with Crippen LogP contribution >= 0.6 is 11.6 Å². The van der Waals surface area contributed by atoms with Crippen molar-refractivity contribution >= 4 is 28.7 Å². The largest absolute Gasteiger partial charge is 0.278 e. The van der Waals surface area contributed by atoms with Crippen molar-refractivity contribution in [3.63, 3.8) is 0 Å². The quantitative estimate of drug-likeness (QED) is 0.502. The summed E-state index contributed by atoms with van der Waals surface area (Å²) < 4.78 is 0. The molecule has 6 heteroatoms. The molecule has 0 atom stereocenters. The molecule has 22 heavy (non-hydrogen) atoms. The molecule has 0 heterocycles. The van der Waals surface area contributed by atoms with E-state index in [1.54, 1.807) is 12.1 Å². The number of halogens is 1. The molecule has 1 fully saturated rings. The number of benzene rings is 2. The SMILES string of the molecule is O=[N+]([O-])c1ccc(NN=C(c2ccc(Cl)cc2)C2CC2)cc1. The minimum atomic E-state index is -0.420. The van der Waals surface area contributed by atoms with E-state index in [4.69, 9.17) is 11.6 Å². The molecule has 0 unspecified atom stereocenters. The Balaban J connectivity index is 1.78. The van der Waals surface area contributed by atoms with Crippen LogP contribution in [0.5, 0.6) is 0 Å². The lowest BCUT2D eigenvalue weighted by Crippen LogP contribution is -2.06. The third-order valence-electron chi connectivity index (χ3n) is 3.49. The van der Waals surface area contributed by atoms with Gasteiger partial charge in [0.25, 0.3) is 5.69 Å². The Morgan fingerprint density at radius 2 is 1.77 bits per heavy atom. The molecule has 0 bridgehead atoms. The van der Waals surface area contributed by atoms with E-state index < -0.39 is 4.92 Å². The fraction of sp³-hybridized carbons (Fsp3) is 0.188. The lowest BCUT2D eigenvalue weighted by Gasteiger charge is -2.07. The molecule has 1 saturated carbocycles. The number of non-ortho nitro benzene ring substituents is 1. The molecule has 1 aliphatic rings. The number of hydrogen-bond donors (Lipinski definition) is 1. The number of nitro groups is 1. The van der Waals surface area contributed by atoms with E-state index in [0.717, 1.165) is 29.8 Å². The summed E-state index contributed by atoms with van der Waals surface area (Å²) in [4.78, 5) is 10.2. The number of nitro benzene ring substituents is 1. The second-order valence-corrected chi connectivity index (χ2v) is 5.63. The third kappa shape index (κ3) is 3.43. The topological polar surface area (TPSA) is 67.5 Å². The lowest BCUT2D eigenvalue weighted by atomic mass is 10.1. The fourth-order valence-electron chi connectivity index (χ4n) is 2.15. The first-order chi connectivity index (χ1) is 10.6. The maximum atomic E-state index is 10.6. The Labute approximate surface area is 132 Å². The van der Waals surface area contributed by atoms with E-state index in [1.165, 1.54) is 12.1 Å². The predicted molar refractivity (Wildman–Crippen MR) is 87.4 cm³/mol. The number of rotatable bonds is 5. The van der Waals surface area contributed by atoms with Crippen molar-refractivity contribution in [2.45, 2.75) is 12.8 Å². The summed E-state index contributed by atoms with van der Waals surface area (Å²) in [7, 11) is 0. The molecule has 0 aliphatic heterocycles. The first kappa shape index (κ1) is 14.5. The highest BCUT2D eigenvalue weighted by atomic mass is 35.5. The molecule has 0 spiro atoms. The molecule has 1 N–H and O–H groups in total. The molecule has 0 aromatic heterocycles. The van der Waals surface area contributed by atoms with Gasteiger partial charge < -0.3 is 0 Å². The van der Waals surface area contributed by atoms with E-state index in [2.05, 4.69) is 10.5 Å². The van der Waals surface area contributed by atoms with E-state index in [-0.39, 0.29) is 5.69 Å². The van der Waals surface area contributed by atoms with Gasteiger partial charge in [0.1, 0.15) is 0 Å². The zero-order valence-corrected chi connectivity index (χ0v) is 12.5. The van der Waals surface area contributed by atoms with Crippen LogP contribution < -0.4 is 5.43 Å². The second kappa shape index (κ2) is 6.15. The summed E-state index contributed by atoms with van der Waals surface area (Å²) in [6.07, 6.45) is 2.26. The Morgan fingerprint density at radius 1 is 1.14 bits per heavy atom. The fourth-order valence-corrected chi connectivity index (χ4v) is 2.28. The van der Waals surface area contributed by atoms with E-state index in [9.17, 15) is 10.1 Å². The van der Waals surface area contributed by atoms with Crippen LogP contribution in [-0.4, -0.2) is 10.6 Å².